The van der Waals surface area contributed by atoms with Crippen molar-refractivity contribution in [2.75, 3.05) is 5.32 Å². The lowest BCUT2D eigenvalue weighted by Gasteiger charge is -2.12. The molecule has 1 atom stereocenters. The Balaban J connectivity index is 1.67. The van der Waals surface area contributed by atoms with E-state index in [4.69, 9.17) is 23.2 Å². The minimum absolute atomic E-state index is 0.206. The Bertz CT molecular complexity index is 1670. The van der Waals surface area contributed by atoms with E-state index >= 15 is 0 Å². The van der Waals surface area contributed by atoms with E-state index < -0.39 is 5.92 Å². The van der Waals surface area contributed by atoms with Crippen molar-refractivity contribution >= 4 is 61.8 Å². The number of carbonyl (C=O) groups is 1. The highest BCUT2D eigenvalue weighted by Gasteiger charge is 2.37. The van der Waals surface area contributed by atoms with Crippen molar-refractivity contribution in [3.05, 3.63) is 103 Å². The fourth-order valence-corrected chi connectivity index (χ4v) is 5.22. The summed E-state index contributed by atoms with van der Waals surface area (Å²) in [5.41, 5.74) is 4.38. The molecule has 34 heavy (non-hydrogen) atoms. The van der Waals surface area contributed by atoms with Gasteiger partial charge in [0.25, 0.3) is 5.56 Å². The average Bonchev–Trinajstić information content (AvgIpc) is 3.46. The van der Waals surface area contributed by atoms with Gasteiger partial charge >= 0.3 is 0 Å². The zero-order chi connectivity index (χ0) is 23.6. The molecule has 0 radical (unpaired) electrons. The molecule has 0 spiro atoms. The van der Waals surface area contributed by atoms with Gasteiger partial charge in [0.1, 0.15) is 5.65 Å². The van der Waals surface area contributed by atoms with E-state index in [0.717, 1.165) is 15.6 Å². The van der Waals surface area contributed by atoms with Crippen LogP contribution < -0.4 is 10.9 Å². The van der Waals surface area contributed by atoms with Crippen molar-refractivity contribution in [3.63, 3.8) is 0 Å². The largest absolute Gasteiger partial charge is 0.339 e. The van der Waals surface area contributed by atoms with Crippen molar-refractivity contribution in [1.29, 1.82) is 0 Å². The van der Waals surface area contributed by atoms with Crippen LogP contribution in [0.1, 0.15) is 17.0 Å². The predicted octanol–water partition coefficient (Wildman–Crippen LogP) is 6.47. The number of aromatic nitrogens is 3. The second-order valence-electron chi connectivity index (χ2n) is 8.03. The minimum atomic E-state index is -0.696. The molecule has 0 saturated heterocycles. The molecule has 1 amide bonds. The predicted molar refractivity (Wildman–Crippen MR) is 138 cm³/mol. The third-order valence-electron chi connectivity index (χ3n) is 6.04. The SMILES string of the molecule is O=C1Nc2ccc(Br)cc2C1c1c(-c2ccc(Cl)c(Cl)c2)[nH]c2[nH]n(-c3ccccc3)c(=O)c12. The van der Waals surface area contributed by atoms with E-state index in [0.29, 0.717) is 43.7 Å². The highest BCUT2D eigenvalue weighted by Crippen LogP contribution is 2.45. The van der Waals surface area contributed by atoms with Crippen molar-refractivity contribution in [2.45, 2.75) is 5.92 Å². The summed E-state index contributed by atoms with van der Waals surface area (Å²) in [6.45, 7) is 0. The maximum Gasteiger partial charge on any atom is 0.281 e. The molecule has 0 saturated carbocycles. The van der Waals surface area contributed by atoms with Gasteiger partial charge in [-0.25, -0.2) is 4.68 Å². The van der Waals surface area contributed by atoms with Gasteiger partial charge in [-0.05, 0) is 53.6 Å². The molecule has 3 heterocycles. The fraction of sp³-hybridized carbons (Fsp3) is 0.0400. The monoisotopic (exact) mass is 552 g/mol. The Morgan fingerprint density at radius 3 is 2.47 bits per heavy atom. The van der Waals surface area contributed by atoms with E-state index in [2.05, 4.69) is 31.3 Å². The Morgan fingerprint density at radius 2 is 1.71 bits per heavy atom. The number of carbonyl (C=O) groups excluding carboxylic acids is 1. The molecule has 1 aliphatic heterocycles. The van der Waals surface area contributed by atoms with Crippen LogP contribution in [0.3, 0.4) is 0 Å². The Kier molecular flexibility index (Phi) is 4.95. The zero-order valence-electron chi connectivity index (χ0n) is 17.3. The van der Waals surface area contributed by atoms with Gasteiger partial charge in [0.05, 0.1) is 32.7 Å². The van der Waals surface area contributed by atoms with Crippen LogP contribution in [0.25, 0.3) is 28.0 Å². The quantitative estimate of drug-likeness (QED) is 0.239. The van der Waals surface area contributed by atoms with Gasteiger partial charge in [0, 0.05) is 15.7 Å². The van der Waals surface area contributed by atoms with E-state index in [1.165, 1.54) is 4.68 Å². The lowest BCUT2D eigenvalue weighted by atomic mass is 9.89. The number of anilines is 1. The van der Waals surface area contributed by atoms with Crippen molar-refractivity contribution in [1.82, 2.24) is 14.8 Å². The number of amides is 1. The molecule has 5 aromatic rings. The Labute approximate surface area is 211 Å². The maximum atomic E-state index is 13.7. The zero-order valence-corrected chi connectivity index (χ0v) is 20.4. The summed E-state index contributed by atoms with van der Waals surface area (Å²) in [7, 11) is 0. The average molecular weight is 554 g/mol. The van der Waals surface area contributed by atoms with Crippen LogP contribution in [0, 0.1) is 0 Å². The number of H-pyrrole nitrogens is 2. The summed E-state index contributed by atoms with van der Waals surface area (Å²) >= 11 is 16.0. The molecule has 0 fully saturated rings. The van der Waals surface area contributed by atoms with Crippen LogP contribution in [0.5, 0.6) is 0 Å². The molecule has 3 aromatic carbocycles. The number of halogens is 3. The molecular formula is C25H15BrCl2N4O2. The molecule has 2 aromatic heterocycles. The summed E-state index contributed by atoms with van der Waals surface area (Å²) in [6, 6.07) is 20.1. The van der Waals surface area contributed by atoms with Gasteiger partial charge in [0.2, 0.25) is 5.91 Å². The van der Waals surface area contributed by atoms with Gasteiger partial charge in [-0.1, -0.05) is 63.4 Å². The molecule has 1 aliphatic rings. The molecular weight excluding hydrogens is 539 g/mol. The summed E-state index contributed by atoms with van der Waals surface area (Å²) in [4.78, 5) is 30.3. The highest BCUT2D eigenvalue weighted by molar-refractivity contribution is 9.10. The topological polar surface area (TPSA) is 82.7 Å². The second-order valence-corrected chi connectivity index (χ2v) is 9.76. The first-order valence-electron chi connectivity index (χ1n) is 10.4. The van der Waals surface area contributed by atoms with Crippen molar-refractivity contribution < 1.29 is 4.79 Å². The standard InChI is InChI=1S/C25H15BrCl2N4O2/c26-13-7-9-18-15(11-13)19(24(33)29-18)20-21-23(30-22(20)12-6-8-16(27)17(28)10-12)31-32(25(21)34)14-4-2-1-3-5-14/h1-11,19,30-31H,(H,29,33). The highest BCUT2D eigenvalue weighted by atomic mass is 79.9. The second kappa shape index (κ2) is 7.91. The van der Waals surface area contributed by atoms with Crippen LogP contribution in [-0.2, 0) is 4.79 Å². The van der Waals surface area contributed by atoms with Crippen LogP contribution in [0.4, 0.5) is 5.69 Å². The van der Waals surface area contributed by atoms with E-state index in [-0.39, 0.29) is 11.5 Å². The van der Waals surface area contributed by atoms with Crippen LogP contribution in [-0.4, -0.2) is 20.7 Å². The van der Waals surface area contributed by atoms with Gasteiger partial charge in [0.15, 0.2) is 0 Å². The van der Waals surface area contributed by atoms with E-state index in [1.54, 1.807) is 12.1 Å². The van der Waals surface area contributed by atoms with E-state index in [9.17, 15) is 9.59 Å². The number of rotatable bonds is 3. The lowest BCUT2D eigenvalue weighted by molar-refractivity contribution is -0.116. The Morgan fingerprint density at radius 1 is 0.912 bits per heavy atom. The van der Waals surface area contributed by atoms with Crippen LogP contribution in [0.15, 0.2) is 76.0 Å². The number of nitrogens with one attached hydrogen (secondary N) is 3. The number of hydrogen-bond acceptors (Lipinski definition) is 2. The molecule has 0 bridgehead atoms. The number of para-hydroxylation sites is 1. The molecule has 1 unspecified atom stereocenters. The molecule has 3 N–H and O–H groups in total. The van der Waals surface area contributed by atoms with Gasteiger partial charge in [-0.15, -0.1) is 0 Å². The summed E-state index contributed by atoms with van der Waals surface area (Å²) in [5, 5.41) is 7.32. The number of aromatic amines is 2. The van der Waals surface area contributed by atoms with E-state index in [1.807, 2.05) is 54.6 Å². The maximum absolute atomic E-state index is 13.7. The first-order valence-corrected chi connectivity index (χ1v) is 11.9. The molecule has 0 aliphatic carbocycles. The normalized spacial score (nSPS) is 15.0. The number of benzene rings is 3. The lowest BCUT2D eigenvalue weighted by Crippen LogP contribution is -2.18. The number of nitrogens with zero attached hydrogens (tertiary/aromatic N) is 1. The molecule has 168 valence electrons. The van der Waals surface area contributed by atoms with Gasteiger partial charge in [-0.3, -0.25) is 14.7 Å². The first kappa shape index (κ1) is 21.3. The molecule has 6 rings (SSSR count). The van der Waals surface area contributed by atoms with Crippen LogP contribution >= 0.6 is 39.1 Å². The van der Waals surface area contributed by atoms with Crippen molar-refractivity contribution in [3.8, 4) is 16.9 Å². The smallest absolute Gasteiger partial charge is 0.281 e. The third-order valence-corrected chi connectivity index (χ3v) is 7.27. The first-order chi connectivity index (χ1) is 16.4. The third kappa shape index (κ3) is 3.23. The van der Waals surface area contributed by atoms with Gasteiger partial charge in [-0.2, -0.15) is 0 Å². The summed E-state index contributed by atoms with van der Waals surface area (Å²) in [6.07, 6.45) is 0. The Hall–Kier alpha value is -3.26. The van der Waals surface area contributed by atoms with Gasteiger partial charge < -0.3 is 10.3 Å². The van der Waals surface area contributed by atoms with Crippen LogP contribution in [0.2, 0.25) is 10.0 Å². The number of fused-ring (bicyclic) bond motifs is 2. The summed E-state index contributed by atoms with van der Waals surface area (Å²) in [5.74, 6) is -0.902. The molecule has 9 heteroatoms. The fourth-order valence-electron chi connectivity index (χ4n) is 4.54. The summed E-state index contributed by atoms with van der Waals surface area (Å²) < 4.78 is 2.31. The van der Waals surface area contributed by atoms with Crippen molar-refractivity contribution in [2.24, 2.45) is 0 Å². The minimum Gasteiger partial charge on any atom is -0.339 e. The number of hydrogen-bond donors (Lipinski definition) is 3. The molecule has 6 nitrogen and oxygen atoms in total.